The summed E-state index contributed by atoms with van der Waals surface area (Å²) in [7, 11) is 0. The summed E-state index contributed by atoms with van der Waals surface area (Å²) in [5.41, 5.74) is 8.27. The monoisotopic (exact) mass is 725 g/mol. The van der Waals surface area contributed by atoms with E-state index in [4.69, 9.17) is 4.98 Å². The predicted octanol–water partition coefficient (Wildman–Crippen LogP) is 9.46. The van der Waals surface area contributed by atoms with Crippen molar-refractivity contribution in [1.29, 1.82) is 0 Å². The van der Waals surface area contributed by atoms with E-state index in [0.717, 1.165) is 12.1 Å². The molecule has 0 amide bonds. The Morgan fingerprint density at radius 2 is 1.20 bits per heavy atom. The third-order valence-electron chi connectivity index (χ3n) is 7.85. The van der Waals surface area contributed by atoms with Gasteiger partial charge in [-0.1, -0.05) is 127 Å². The van der Waals surface area contributed by atoms with E-state index in [2.05, 4.69) is 95.9 Å². The summed E-state index contributed by atoms with van der Waals surface area (Å²) < 4.78 is 0. The fourth-order valence-corrected chi connectivity index (χ4v) is 5.55. The van der Waals surface area contributed by atoms with Gasteiger partial charge in [0.25, 0.3) is 0 Å². The second kappa shape index (κ2) is 15.3. The molecule has 6 aromatic rings. The Kier molecular flexibility index (Phi) is 11.0. The number of benzene rings is 5. The molecule has 1 radical (unpaired) electrons. The summed E-state index contributed by atoms with van der Waals surface area (Å²) in [5.74, 6) is -0.913. The number of nitrogens with zero attached hydrogens (tertiary/aromatic N) is 2. The largest absolute Gasteiger partial charge is 0.337 e. The van der Waals surface area contributed by atoms with Crippen LogP contribution in [0.3, 0.4) is 0 Å². The molecule has 0 saturated heterocycles. The first kappa shape index (κ1) is 32.4. The topological polar surface area (TPSA) is 50.3 Å². The molecule has 1 aliphatic rings. The number of hydrogen-bond acceptors (Lipinski definition) is 4. The zero-order valence-electron chi connectivity index (χ0n) is 24.9. The Morgan fingerprint density at radius 1 is 0.667 bits per heavy atom. The molecule has 7 rings (SSSR count). The Bertz CT molecular complexity index is 1870. The molecular weight excluding hydrogens is 692 g/mol. The molecule has 0 bridgehead atoms. The maximum atomic E-state index is 12.1. The van der Waals surface area contributed by atoms with Crippen molar-refractivity contribution < 1.29 is 59.0 Å². The van der Waals surface area contributed by atoms with Gasteiger partial charge in [0.2, 0.25) is 0 Å². The maximum Gasteiger partial charge on any atom is 0.173 e. The van der Waals surface area contributed by atoms with Gasteiger partial charge in [-0.05, 0) is 42.3 Å². The molecule has 1 aromatic heterocycles. The predicted molar refractivity (Wildman–Crippen MR) is 180 cm³/mol. The van der Waals surface area contributed by atoms with Crippen molar-refractivity contribution in [2.45, 2.75) is 6.92 Å². The summed E-state index contributed by atoms with van der Waals surface area (Å²) in [6, 6.07) is 45.4. The van der Waals surface area contributed by atoms with Crippen LogP contribution in [-0.2, 0) is 0 Å². The average Bonchev–Trinajstić information content (AvgIpc) is 3.11. The SMILES string of the molecule is C1=Cc2c(ccc3c(-c4ccccc4)ccnc23)N(c2ccccc2)C1.CC(C(=O)c1ccccc1)C(=O)c1ccccc1.[Eu]. The molecule has 1 aliphatic heterocycles. The number of hydrogen-bond donors (Lipinski definition) is 0. The third-order valence-corrected chi connectivity index (χ3v) is 7.85. The standard InChI is InChI=1S/C24H18N2.C16H14O2.Eu/c1-3-8-18(9-4-1)20-15-16-25-24-21(20)13-14-23-22(24)12-7-17-26(23)19-10-5-2-6-11-19;1-12(15(17)13-8-4-2-5-9-13)16(18)14-10-6-3-7-11-14;/h1-16H,17H2;2-12H,1H3;. The van der Waals surface area contributed by atoms with Crippen LogP contribution in [0.5, 0.6) is 0 Å². The van der Waals surface area contributed by atoms with Gasteiger partial charge in [0, 0.05) is 89.9 Å². The van der Waals surface area contributed by atoms with Gasteiger partial charge in [-0.25, -0.2) is 0 Å². The number of ketones is 2. The Balaban J connectivity index is 0.000000186. The Hall–Kier alpha value is -4.03. The quantitative estimate of drug-likeness (QED) is 0.127. The minimum absolute atomic E-state index is 0. The number of carbonyl (C=O) groups is 2. The van der Waals surface area contributed by atoms with Crippen LogP contribution in [-0.4, -0.2) is 23.1 Å². The van der Waals surface area contributed by atoms with Gasteiger partial charge in [0.05, 0.1) is 17.1 Å². The maximum absolute atomic E-state index is 12.1. The number of fused-ring (bicyclic) bond motifs is 3. The van der Waals surface area contributed by atoms with E-state index in [0.29, 0.717) is 11.1 Å². The molecule has 221 valence electrons. The van der Waals surface area contributed by atoms with Gasteiger partial charge >= 0.3 is 0 Å². The van der Waals surface area contributed by atoms with Crippen molar-refractivity contribution in [3.8, 4) is 11.1 Å². The smallest absolute Gasteiger partial charge is 0.173 e. The van der Waals surface area contributed by atoms with E-state index in [-0.39, 0.29) is 60.9 Å². The number of aromatic nitrogens is 1. The average molecular weight is 725 g/mol. The Morgan fingerprint density at radius 3 is 1.78 bits per heavy atom. The van der Waals surface area contributed by atoms with Crippen LogP contribution >= 0.6 is 0 Å². The number of pyridine rings is 1. The first-order valence-electron chi connectivity index (χ1n) is 14.8. The molecule has 2 heterocycles. The second-order valence-electron chi connectivity index (χ2n) is 10.6. The fraction of sp³-hybridized carbons (Fsp3) is 0.0750. The molecule has 0 N–H and O–H groups in total. The van der Waals surface area contributed by atoms with Crippen molar-refractivity contribution in [3.63, 3.8) is 0 Å². The summed E-state index contributed by atoms with van der Waals surface area (Å²) >= 11 is 0. The van der Waals surface area contributed by atoms with E-state index in [1.54, 1.807) is 55.5 Å². The minimum Gasteiger partial charge on any atom is -0.337 e. The molecule has 0 atom stereocenters. The van der Waals surface area contributed by atoms with Crippen LogP contribution in [0.1, 0.15) is 33.2 Å². The fourth-order valence-electron chi connectivity index (χ4n) is 5.55. The third kappa shape index (κ3) is 7.28. The summed E-state index contributed by atoms with van der Waals surface area (Å²) in [6.45, 7) is 2.53. The van der Waals surface area contributed by atoms with E-state index in [1.807, 2.05) is 18.3 Å². The first-order chi connectivity index (χ1) is 21.6. The van der Waals surface area contributed by atoms with Gasteiger partial charge < -0.3 is 4.90 Å². The molecule has 0 spiro atoms. The first-order valence-corrected chi connectivity index (χ1v) is 14.8. The molecular formula is C40H32EuN2O2. The molecule has 5 aromatic carbocycles. The van der Waals surface area contributed by atoms with E-state index >= 15 is 0 Å². The molecule has 5 heteroatoms. The van der Waals surface area contributed by atoms with Gasteiger partial charge in [-0.2, -0.15) is 0 Å². The van der Waals surface area contributed by atoms with E-state index in [9.17, 15) is 9.59 Å². The molecule has 4 nitrogen and oxygen atoms in total. The molecule has 0 unspecified atom stereocenters. The Labute approximate surface area is 305 Å². The summed E-state index contributed by atoms with van der Waals surface area (Å²) in [5, 5.41) is 1.19. The summed E-state index contributed by atoms with van der Waals surface area (Å²) in [6.07, 6.45) is 6.34. The van der Waals surface area contributed by atoms with E-state index < -0.39 is 5.92 Å². The van der Waals surface area contributed by atoms with Crippen LogP contribution in [0.2, 0.25) is 0 Å². The number of Topliss-reactive ketones (excluding diaryl/α,β-unsaturated/α-hetero) is 2. The second-order valence-corrected chi connectivity index (χ2v) is 10.6. The van der Waals surface area contributed by atoms with Gasteiger partial charge in [-0.15, -0.1) is 0 Å². The minimum atomic E-state index is -0.644. The van der Waals surface area contributed by atoms with Crippen LogP contribution in [0.15, 0.2) is 152 Å². The van der Waals surface area contributed by atoms with E-state index in [1.165, 1.54) is 33.5 Å². The number of carbonyl (C=O) groups excluding carboxylic acids is 2. The van der Waals surface area contributed by atoms with Crippen LogP contribution < -0.4 is 4.90 Å². The summed E-state index contributed by atoms with van der Waals surface area (Å²) in [4.78, 5) is 31.3. The number of para-hydroxylation sites is 1. The van der Waals surface area contributed by atoms with Crippen LogP contribution in [0, 0.1) is 55.3 Å². The zero-order chi connectivity index (χ0) is 30.3. The molecule has 0 fully saturated rings. The molecule has 0 saturated carbocycles. The zero-order valence-corrected chi connectivity index (χ0v) is 27.3. The van der Waals surface area contributed by atoms with Crippen molar-refractivity contribution >= 4 is 39.9 Å². The number of anilines is 2. The van der Waals surface area contributed by atoms with Crippen molar-refractivity contribution in [2.24, 2.45) is 5.92 Å². The molecule has 0 aliphatic carbocycles. The van der Waals surface area contributed by atoms with Gasteiger partial charge in [-0.3, -0.25) is 14.6 Å². The van der Waals surface area contributed by atoms with Crippen molar-refractivity contribution in [3.05, 3.63) is 168 Å². The van der Waals surface area contributed by atoms with Crippen molar-refractivity contribution in [1.82, 2.24) is 4.98 Å². The van der Waals surface area contributed by atoms with Gasteiger partial charge in [0.15, 0.2) is 11.6 Å². The van der Waals surface area contributed by atoms with Crippen LogP contribution in [0.25, 0.3) is 28.1 Å². The van der Waals surface area contributed by atoms with Crippen molar-refractivity contribution in [2.75, 3.05) is 11.4 Å². The normalized spacial score (nSPS) is 11.6. The number of rotatable bonds is 6. The van der Waals surface area contributed by atoms with Crippen LogP contribution in [0.4, 0.5) is 11.4 Å². The molecule has 45 heavy (non-hydrogen) atoms. The van der Waals surface area contributed by atoms with Gasteiger partial charge in [0.1, 0.15) is 0 Å².